The Morgan fingerprint density at radius 2 is 1.12 bits per heavy atom. The van der Waals surface area contributed by atoms with Crippen LogP contribution in [0.15, 0.2) is 24.3 Å². The molecule has 0 aromatic heterocycles. The van der Waals surface area contributed by atoms with E-state index in [1.54, 1.807) is 0 Å². The van der Waals surface area contributed by atoms with Gasteiger partial charge in [-0.2, -0.15) is 0 Å². The van der Waals surface area contributed by atoms with Gasteiger partial charge in [-0.3, -0.25) is 0 Å². The van der Waals surface area contributed by atoms with Gasteiger partial charge >= 0.3 is 41.5 Å². The Kier molecular flexibility index (Phi) is 19.9. The fraction of sp³-hybridized carbons (Fsp3) is 0.600. The van der Waals surface area contributed by atoms with Gasteiger partial charge in [0.15, 0.2) is 0 Å². The molecule has 0 aliphatic carbocycles. The number of aliphatic hydroxyl groups excluding tert-OH is 1. The van der Waals surface area contributed by atoms with Crippen molar-refractivity contribution >= 4 is 11.9 Å². The summed E-state index contributed by atoms with van der Waals surface area (Å²) in [5.41, 5.74) is -0.380. The van der Waals surface area contributed by atoms with Crippen molar-refractivity contribution in [3.8, 4) is 0 Å². The molecule has 0 unspecified atom stereocenters. The van der Waals surface area contributed by atoms with Gasteiger partial charge in [0.25, 0.3) is 0 Å². The summed E-state index contributed by atoms with van der Waals surface area (Å²) in [4.78, 5) is 20.9. The molecule has 0 bridgehead atoms. The van der Waals surface area contributed by atoms with Gasteiger partial charge in [-0.1, -0.05) is 76.8 Å². The van der Waals surface area contributed by atoms with Gasteiger partial charge in [0.05, 0.1) is 11.1 Å². The number of benzene rings is 1. The van der Waals surface area contributed by atoms with Crippen LogP contribution in [0.4, 0.5) is 0 Å². The summed E-state index contributed by atoms with van der Waals surface area (Å²) in [6.07, 6.45) is 13.3. The van der Waals surface area contributed by atoms with Crippen LogP contribution >= 0.6 is 0 Å². The second kappa shape index (κ2) is 18.9. The molecular weight excluding hydrogens is 343 g/mol. The van der Waals surface area contributed by atoms with E-state index in [0.29, 0.717) is 6.61 Å². The Morgan fingerprint density at radius 3 is 1.42 bits per heavy atom. The topological polar surface area (TPSA) is 94.8 Å². The standard InChI is InChI=1S/C12H26O.C8H6O4.Na.H/c1-2-3-4-5-6-7-8-9-10-11-12-13;9-7(10)5-3-1-2-4-6(5)8(11)12;;/h13H,2-12H2,1H3;1-4H,(H,9,10)(H,11,12);;/q;;+1;-1. The predicted octanol–water partition coefficient (Wildman–Crippen LogP) is 2.10. The molecule has 144 valence electrons. The number of aliphatic hydroxyl groups is 1. The van der Waals surface area contributed by atoms with Crippen LogP contribution in [0.1, 0.15) is 93.3 Å². The van der Waals surface area contributed by atoms with E-state index in [4.69, 9.17) is 15.3 Å². The number of aromatic carboxylic acids is 2. The molecule has 0 amide bonds. The maximum atomic E-state index is 10.5. The van der Waals surface area contributed by atoms with Crippen molar-refractivity contribution in [1.82, 2.24) is 0 Å². The van der Waals surface area contributed by atoms with Crippen LogP contribution in [-0.4, -0.2) is 33.9 Å². The number of carbonyl (C=O) groups is 2. The first-order valence-corrected chi connectivity index (χ1v) is 9.21. The monoisotopic (exact) mass is 376 g/mol. The number of hydrogen-bond acceptors (Lipinski definition) is 3. The summed E-state index contributed by atoms with van der Waals surface area (Å²) in [6.45, 7) is 2.63. The maximum absolute atomic E-state index is 10.5. The third-order valence-electron chi connectivity index (χ3n) is 3.90. The average Bonchev–Trinajstić information content (AvgIpc) is 2.61. The molecule has 0 atom stereocenters. The Hall–Kier alpha value is -0.880. The molecule has 26 heavy (non-hydrogen) atoms. The van der Waals surface area contributed by atoms with Crippen LogP contribution in [0.3, 0.4) is 0 Å². The molecule has 6 heteroatoms. The molecule has 5 nitrogen and oxygen atoms in total. The van der Waals surface area contributed by atoms with Crippen LogP contribution in [-0.2, 0) is 0 Å². The summed E-state index contributed by atoms with van der Waals surface area (Å²) in [6, 6.07) is 5.48. The molecule has 3 N–H and O–H groups in total. The van der Waals surface area contributed by atoms with Crippen LogP contribution in [0, 0.1) is 0 Å². The molecule has 0 saturated heterocycles. The molecule has 1 aromatic carbocycles. The molecule has 1 aromatic rings. The molecular formula is C20H33NaO5. The average molecular weight is 376 g/mol. The Balaban J connectivity index is -0.000000398. The second-order valence-electron chi connectivity index (χ2n) is 6.06. The third kappa shape index (κ3) is 14.3. The molecule has 0 aliphatic heterocycles. The molecule has 0 spiro atoms. The van der Waals surface area contributed by atoms with E-state index in [1.165, 1.54) is 82.1 Å². The fourth-order valence-electron chi connectivity index (χ4n) is 2.46. The zero-order valence-corrected chi connectivity index (χ0v) is 18.2. The molecule has 1 rings (SSSR count). The number of carboxylic acids is 2. The maximum Gasteiger partial charge on any atom is 1.00 e. The smallest absolute Gasteiger partial charge is 1.00 e. The molecule has 0 radical (unpaired) electrons. The summed E-state index contributed by atoms with van der Waals surface area (Å²) in [5, 5.41) is 25.7. The first-order chi connectivity index (χ1) is 12.0. The van der Waals surface area contributed by atoms with Gasteiger partial charge in [0, 0.05) is 6.61 Å². The predicted molar refractivity (Wildman–Crippen MR) is 100 cm³/mol. The molecule has 0 fully saturated rings. The molecule has 0 saturated carbocycles. The fourth-order valence-corrected chi connectivity index (χ4v) is 2.46. The Labute approximate surface area is 180 Å². The number of unbranched alkanes of at least 4 members (excludes halogenated alkanes) is 9. The quantitative estimate of drug-likeness (QED) is 0.384. The van der Waals surface area contributed by atoms with Crippen molar-refractivity contribution in [2.45, 2.75) is 71.1 Å². The summed E-state index contributed by atoms with van der Waals surface area (Å²) in [5.74, 6) is -2.46. The van der Waals surface area contributed by atoms with E-state index in [-0.39, 0.29) is 42.1 Å². The van der Waals surface area contributed by atoms with Crippen molar-refractivity contribution < 1.29 is 55.9 Å². The Morgan fingerprint density at radius 1 is 0.769 bits per heavy atom. The van der Waals surface area contributed by atoms with E-state index in [2.05, 4.69) is 6.92 Å². The van der Waals surface area contributed by atoms with Crippen molar-refractivity contribution in [1.29, 1.82) is 0 Å². The van der Waals surface area contributed by atoms with Crippen molar-refractivity contribution in [3.63, 3.8) is 0 Å². The number of rotatable bonds is 12. The van der Waals surface area contributed by atoms with Gasteiger partial charge < -0.3 is 16.7 Å². The van der Waals surface area contributed by atoms with Crippen molar-refractivity contribution in [2.75, 3.05) is 6.61 Å². The number of carboxylic acid groups (broad SMARTS) is 2. The van der Waals surface area contributed by atoms with Crippen molar-refractivity contribution in [2.24, 2.45) is 0 Å². The molecule has 0 aliphatic rings. The summed E-state index contributed by atoms with van der Waals surface area (Å²) in [7, 11) is 0. The summed E-state index contributed by atoms with van der Waals surface area (Å²) < 4.78 is 0. The third-order valence-corrected chi connectivity index (χ3v) is 3.90. The normalized spacial score (nSPS) is 9.62. The Bertz CT molecular complexity index is 454. The van der Waals surface area contributed by atoms with E-state index in [0.717, 1.165) is 6.42 Å². The van der Waals surface area contributed by atoms with Gasteiger partial charge in [0.1, 0.15) is 0 Å². The van der Waals surface area contributed by atoms with Crippen LogP contribution in [0.25, 0.3) is 0 Å². The second-order valence-corrected chi connectivity index (χ2v) is 6.06. The van der Waals surface area contributed by atoms with E-state index < -0.39 is 11.9 Å². The first kappa shape index (κ1) is 27.3. The van der Waals surface area contributed by atoms with Gasteiger partial charge in [-0.15, -0.1) is 0 Å². The minimum absolute atomic E-state index is 0. The zero-order chi connectivity index (χ0) is 18.9. The van der Waals surface area contributed by atoms with Crippen LogP contribution in [0.2, 0.25) is 0 Å². The van der Waals surface area contributed by atoms with Crippen LogP contribution < -0.4 is 29.6 Å². The SMILES string of the molecule is CCCCCCCCCCCCO.O=C(O)c1ccccc1C(=O)O.[H-].[Na+]. The number of hydrogen-bond donors (Lipinski definition) is 3. The minimum atomic E-state index is -1.23. The van der Waals surface area contributed by atoms with Crippen molar-refractivity contribution in [3.05, 3.63) is 35.4 Å². The van der Waals surface area contributed by atoms with Crippen LogP contribution in [0.5, 0.6) is 0 Å². The first-order valence-electron chi connectivity index (χ1n) is 9.21. The zero-order valence-electron chi connectivity index (χ0n) is 17.2. The molecule has 0 heterocycles. The largest absolute Gasteiger partial charge is 1.00 e. The van der Waals surface area contributed by atoms with E-state index >= 15 is 0 Å². The van der Waals surface area contributed by atoms with Gasteiger partial charge in [-0.25, -0.2) is 9.59 Å². The van der Waals surface area contributed by atoms with Gasteiger partial charge in [0.2, 0.25) is 0 Å². The minimum Gasteiger partial charge on any atom is -1.00 e. The summed E-state index contributed by atoms with van der Waals surface area (Å²) >= 11 is 0. The van der Waals surface area contributed by atoms with Gasteiger partial charge in [-0.05, 0) is 18.6 Å². The van der Waals surface area contributed by atoms with E-state index in [1.807, 2.05) is 0 Å². The van der Waals surface area contributed by atoms with E-state index in [9.17, 15) is 9.59 Å².